The van der Waals surface area contributed by atoms with Crippen LogP contribution in [0.25, 0.3) is 0 Å². The van der Waals surface area contributed by atoms with E-state index in [2.05, 4.69) is 0 Å². The van der Waals surface area contributed by atoms with Crippen molar-refractivity contribution in [3.8, 4) is 0 Å². The minimum absolute atomic E-state index is 0.0240. The van der Waals surface area contributed by atoms with E-state index >= 15 is 0 Å². The summed E-state index contributed by atoms with van der Waals surface area (Å²) in [7, 11) is 0. The fraction of sp³-hybridized carbons (Fsp3) is 0.130. The maximum absolute atomic E-state index is 13.4. The predicted octanol–water partition coefficient (Wildman–Crippen LogP) is 5.29. The van der Waals surface area contributed by atoms with Crippen molar-refractivity contribution in [3.05, 3.63) is 94.5 Å². The van der Waals surface area contributed by atoms with E-state index in [0.717, 1.165) is 21.7 Å². The molecule has 0 fully saturated rings. The maximum Gasteiger partial charge on any atom is 0.335 e. The van der Waals surface area contributed by atoms with Crippen molar-refractivity contribution in [2.45, 2.75) is 23.1 Å². The standard InChI is InChI=1S/C23H18ClNO3S/c24-18-6-2-1-5-17(18)14-25-19-7-3-4-8-20(19)29-21(22(25)26)13-15-9-11-16(12-10-15)23(27)28/h1-12,21H,13-14H2,(H,27,28). The highest BCUT2D eigenvalue weighted by Crippen LogP contribution is 2.41. The van der Waals surface area contributed by atoms with Gasteiger partial charge in [-0.05, 0) is 47.9 Å². The number of hydrogen-bond donors (Lipinski definition) is 1. The summed E-state index contributed by atoms with van der Waals surface area (Å²) in [6.45, 7) is 0.407. The summed E-state index contributed by atoms with van der Waals surface area (Å²) >= 11 is 7.88. The van der Waals surface area contributed by atoms with Crippen molar-refractivity contribution in [1.82, 2.24) is 0 Å². The van der Waals surface area contributed by atoms with Gasteiger partial charge in [-0.1, -0.05) is 54.1 Å². The van der Waals surface area contributed by atoms with Gasteiger partial charge >= 0.3 is 5.97 Å². The molecular formula is C23H18ClNO3S. The number of thioether (sulfide) groups is 1. The molecule has 3 aromatic carbocycles. The van der Waals surface area contributed by atoms with Crippen molar-refractivity contribution in [1.29, 1.82) is 0 Å². The lowest BCUT2D eigenvalue weighted by molar-refractivity contribution is -0.118. The number of carbonyl (C=O) groups excluding carboxylic acids is 1. The van der Waals surface area contributed by atoms with Crippen molar-refractivity contribution >= 4 is 40.9 Å². The summed E-state index contributed by atoms with van der Waals surface area (Å²) in [5, 5.41) is 9.42. The lowest BCUT2D eigenvalue weighted by atomic mass is 10.1. The molecule has 3 aromatic rings. The average molecular weight is 424 g/mol. The van der Waals surface area contributed by atoms with Crippen LogP contribution in [0.1, 0.15) is 21.5 Å². The molecule has 1 amide bonds. The number of para-hydroxylation sites is 1. The van der Waals surface area contributed by atoms with Crippen molar-refractivity contribution in [2.24, 2.45) is 0 Å². The molecular weight excluding hydrogens is 406 g/mol. The van der Waals surface area contributed by atoms with Crippen LogP contribution in [-0.4, -0.2) is 22.2 Å². The van der Waals surface area contributed by atoms with Crippen molar-refractivity contribution in [2.75, 3.05) is 4.90 Å². The topological polar surface area (TPSA) is 57.6 Å². The van der Waals surface area contributed by atoms with Gasteiger partial charge in [0.05, 0.1) is 23.0 Å². The zero-order valence-corrected chi connectivity index (χ0v) is 17.0. The second kappa shape index (κ2) is 8.31. The van der Waals surface area contributed by atoms with Gasteiger partial charge in [0.1, 0.15) is 0 Å². The lowest BCUT2D eigenvalue weighted by Crippen LogP contribution is -2.41. The fourth-order valence-corrected chi connectivity index (χ4v) is 4.82. The minimum Gasteiger partial charge on any atom is -0.478 e. The van der Waals surface area contributed by atoms with Gasteiger partial charge in [0.25, 0.3) is 0 Å². The molecule has 0 aromatic heterocycles. The lowest BCUT2D eigenvalue weighted by Gasteiger charge is -2.34. The molecule has 0 radical (unpaired) electrons. The Morgan fingerprint density at radius 1 is 1.00 bits per heavy atom. The summed E-state index contributed by atoms with van der Waals surface area (Å²) in [5.74, 6) is -0.935. The molecule has 1 aliphatic heterocycles. The molecule has 1 aliphatic rings. The van der Waals surface area contributed by atoms with Crippen LogP contribution < -0.4 is 4.90 Å². The van der Waals surface area contributed by atoms with E-state index in [0.29, 0.717) is 18.0 Å². The molecule has 6 heteroatoms. The number of carboxylic acids is 1. The van der Waals surface area contributed by atoms with Gasteiger partial charge in [0, 0.05) is 9.92 Å². The Hall–Kier alpha value is -2.76. The van der Waals surface area contributed by atoms with Crippen LogP contribution in [-0.2, 0) is 17.8 Å². The molecule has 1 N–H and O–H groups in total. The zero-order chi connectivity index (χ0) is 20.4. The number of amides is 1. The Morgan fingerprint density at radius 3 is 2.41 bits per heavy atom. The Morgan fingerprint density at radius 2 is 1.69 bits per heavy atom. The first kappa shape index (κ1) is 19.6. The van der Waals surface area contributed by atoms with Crippen LogP contribution >= 0.6 is 23.4 Å². The Bertz CT molecular complexity index is 1070. The molecule has 4 nitrogen and oxygen atoms in total. The highest BCUT2D eigenvalue weighted by Gasteiger charge is 2.33. The highest BCUT2D eigenvalue weighted by atomic mass is 35.5. The molecule has 0 aliphatic carbocycles. The van der Waals surface area contributed by atoms with E-state index in [4.69, 9.17) is 16.7 Å². The van der Waals surface area contributed by atoms with E-state index < -0.39 is 5.97 Å². The molecule has 0 saturated carbocycles. The number of hydrogen-bond acceptors (Lipinski definition) is 3. The van der Waals surface area contributed by atoms with Gasteiger partial charge in [0.2, 0.25) is 5.91 Å². The smallest absolute Gasteiger partial charge is 0.335 e. The Labute approximate surface area is 178 Å². The van der Waals surface area contributed by atoms with Gasteiger partial charge in [-0.25, -0.2) is 4.79 Å². The highest BCUT2D eigenvalue weighted by molar-refractivity contribution is 8.01. The van der Waals surface area contributed by atoms with Gasteiger partial charge < -0.3 is 10.0 Å². The Kier molecular flexibility index (Phi) is 5.60. The molecule has 0 spiro atoms. The van der Waals surface area contributed by atoms with E-state index in [1.165, 1.54) is 0 Å². The quantitative estimate of drug-likeness (QED) is 0.605. The average Bonchev–Trinajstić information content (AvgIpc) is 2.73. The zero-order valence-electron chi connectivity index (χ0n) is 15.4. The first-order valence-corrected chi connectivity index (χ1v) is 10.4. The monoisotopic (exact) mass is 423 g/mol. The number of rotatable bonds is 5. The number of carbonyl (C=O) groups is 2. The van der Waals surface area contributed by atoms with Crippen LogP contribution in [0.5, 0.6) is 0 Å². The molecule has 146 valence electrons. The van der Waals surface area contributed by atoms with Gasteiger partial charge in [-0.15, -0.1) is 11.8 Å². The SMILES string of the molecule is O=C(O)c1ccc(CC2Sc3ccccc3N(Cc3ccccc3Cl)C2=O)cc1. The minimum atomic E-state index is -0.959. The number of benzene rings is 3. The van der Waals surface area contributed by atoms with Gasteiger partial charge in [0.15, 0.2) is 0 Å². The third-order valence-electron chi connectivity index (χ3n) is 4.88. The Balaban J connectivity index is 1.62. The van der Waals surface area contributed by atoms with E-state index in [1.54, 1.807) is 40.9 Å². The third-order valence-corrected chi connectivity index (χ3v) is 6.50. The first-order chi connectivity index (χ1) is 14.0. The fourth-order valence-electron chi connectivity index (χ4n) is 3.36. The molecule has 4 rings (SSSR count). The number of halogens is 1. The summed E-state index contributed by atoms with van der Waals surface area (Å²) < 4.78 is 0. The number of fused-ring (bicyclic) bond motifs is 1. The molecule has 0 bridgehead atoms. The number of anilines is 1. The molecule has 1 atom stereocenters. The number of nitrogens with zero attached hydrogens (tertiary/aromatic N) is 1. The number of carboxylic acid groups (broad SMARTS) is 1. The van der Waals surface area contributed by atoms with Crippen LogP contribution in [0.3, 0.4) is 0 Å². The second-order valence-electron chi connectivity index (χ2n) is 6.80. The summed E-state index contributed by atoms with van der Waals surface area (Å²) in [6.07, 6.45) is 0.525. The van der Waals surface area contributed by atoms with E-state index in [-0.39, 0.29) is 16.7 Å². The molecule has 0 saturated heterocycles. The molecule has 1 unspecified atom stereocenters. The number of aromatic carboxylic acids is 1. The summed E-state index contributed by atoms with van der Waals surface area (Å²) in [4.78, 5) is 27.3. The van der Waals surface area contributed by atoms with Crippen LogP contribution in [0.15, 0.2) is 77.7 Å². The normalized spacial score (nSPS) is 15.8. The van der Waals surface area contributed by atoms with E-state index in [9.17, 15) is 9.59 Å². The molecule has 29 heavy (non-hydrogen) atoms. The molecule has 1 heterocycles. The van der Waals surface area contributed by atoms with Gasteiger partial charge in [-0.2, -0.15) is 0 Å². The second-order valence-corrected chi connectivity index (χ2v) is 8.45. The van der Waals surface area contributed by atoms with Crippen molar-refractivity contribution < 1.29 is 14.7 Å². The summed E-state index contributed by atoms with van der Waals surface area (Å²) in [5.41, 5.74) is 2.95. The maximum atomic E-state index is 13.4. The predicted molar refractivity (Wildman–Crippen MR) is 116 cm³/mol. The summed E-state index contributed by atoms with van der Waals surface area (Å²) in [6, 6.07) is 22.1. The van der Waals surface area contributed by atoms with E-state index in [1.807, 2.05) is 48.5 Å². The largest absolute Gasteiger partial charge is 0.478 e. The van der Waals surface area contributed by atoms with Crippen LogP contribution in [0.4, 0.5) is 5.69 Å². The van der Waals surface area contributed by atoms with Crippen LogP contribution in [0.2, 0.25) is 5.02 Å². The van der Waals surface area contributed by atoms with Crippen LogP contribution in [0, 0.1) is 0 Å². The van der Waals surface area contributed by atoms with Gasteiger partial charge in [-0.3, -0.25) is 4.79 Å². The van der Waals surface area contributed by atoms with Crippen molar-refractivity contribution in [3.63, 3.8) is 0 Å². The first-order valence-electron chi connectivity index (χ1n) is 9.15. The third kappa shape index (κ3) is 4.16.